The summed E-state index contributed by atoms with van der Waals surface area (Å²) in [6.45, 7) is 5.60. The van der Waals surface area contributed by atoms with E-state index in [4.69, 9.17) is 13.7 Å². The van der Waals surface area contributed by atoms with Crippen LogP contribution in [-0.2, 0) is 16.1 Å². The second kappa shape index (κ2) is 8.51. The summed E-state index contributed by atoms with van der Waals surface area (Å²) in [5.74, 6) is 0.137. The number of nitrogens with zero attached hydrogens (tertiary/aromatic N) is 3. The summed E-state index contributed by atoms with van der Waals surface area (Å²) < 4.78 is 16.2. The van der Waals surface area contributed by atoms with Gasteiger partial charge in [0, 0.05) is 29.1 Å². The molecule has 8 nitrogen and oxygen atoms in total. The molecule has 0 unspecified atom stereocenters. The number of pyridine rings is 1. The lowest BCUT2D eigenvalue weighted by atomic mass is 10.1. The van der Waals surface area contributed by atoms with Crippen LogP contribution in [0.3, 0.4) is 0 Å². The van der Waals surface area contributed by atoms with Gasteiger partial charge in [0.2, 0.25) is 5.82 Å². The van der Waals surface area contributed by atoms with Crippen LogP contribution in [0.5, 0.6) is 0 Å². The third-order valence-electron chi connectivity index (χ3n) is 4.92. The number of esters is 1. The largest absolute Gasteiger partial charge is 0.461 e. The van der Waals surface area contributed by atoms with Crippen LogP contribution in [0.15, 0.2) is 50.3 Å². The van der Waals surface area contributed by atoms with Gasteiger partial charge in [0.05, 0.1) is 5.69 Å². The Labute approximate surface area is 177 Å². The Morgan fingerprint density at radius 2 is 1.97 bits per heavy atom. The van der Waals surface area contributed by atoms with Crippen molar-refractivity contribution >= 4 is 16.9 Å². The van der Waals surface area contributed by atoms with E-state index >= 15 is 0 Å². The Bertz CT molecular complexity index is 1320. The van der Waals surface area contributed by atoms with Crippen molar-refractivity contribution in [2.24, 2.45) is 0 Å². The van der Waals surface area contributed by atoms with Crippen molar-refractivity contribution in [3.05, 3.63) is 63.8 Å². The molecule has 0 radical (unpaired) electrons. The molecule has 0 atom stereocenters. The Balaban J connectivity index is 1.76. The first-order valence-electron chi connectivity index (χ1n) is 9.96. The number of ether oxygens (including phenoxy) is 1. The van der Waals surface area contributed by atoms with Crippen LogP contribution in [0.4, 0.5) is 0 Å². The maximum Gasteiger partial charge on any atom is 0.349 e. The molecule has 0 saturated heterocycles. The summed E-state index contributed by atoms with van der Waals surface area (Å²) in [7, 11) is 0. The van der Waals surface area contributed by atoms with E-state index < -0.39 is 5.63 Å². The van der Waals surface area contributed by atoms with Crippen molar-refractivity contribution in [1.82, 2.24) is 15.1 Å². The highest BCUT2D eigenvalue weighted by atomic mass is 16.5. The van der Waals surface area contributed by atoms with Crippen molar-refractivity contribution in [3.63, 3.8) is 0 Å². The summed E-state index contributed by atoms with van der Waals surface area (Å²) in [6, 6.07) is 9.24. The van der Waals surface area contributed by atoms with Crippen LogP contribution in [0, 0.1) is 13.8 Å². The minimum absolute atomic E-state index is 0.0219. The van der Waals surface area contributed by atoms with Gasteiger partial charge < -0.3 is 13.7 Å². The molecule has 3 aromatic heterocycles. The molecule has 4 rings (SSSR count). The number of rotatable bonds is 6. The molecular weight excluding hydrogens is 398 g/mol. The smallest absolute Gasteiger partial charge is 0.349 e. The molecular formula is C23H21N3O5. The first-order chi connectivity index (χ1) is 15.0. The maximum absolute atomic E-state index is 12.7. The monoisotopic (exact) mass is 419 g/mol. The molecule has 0 aliphatic rings. The number of aryl methyl sites for hydroxylation is 2. The molecule has 0 N–H and O–H groups in total. The van der Waals surface area contributed by atoms with Gasteiger partial charge in [0.1, 0.15) is 12.2 Å². The van der Waals surface area contributed by atoms with E-state index in [1.165, 1.54) is 0 Å². The molecule has 0 saturated carbocycles. The normalized spacial score (nSPS) is 11.1. The lowest BCUT2D eigenvalue weighted by Gasteiger charge is -2.09. The fourth-order valence-corrected chi connectivity index (χ4v) is 3.25. The molecule has 0 aliphatic heterocycles. The van der Waals surface area contributed by atoms with Crippen LogP contribution in [0.2, 0.25) is 0 Å². The van der Waals surface area contributed by atoms with Gasteiger partial charge in [0.15, 0.2) is 5.58 Å². The Kier molecular flexibility index (Phi) is 5.62. The molecule has 0 amide bonds. The highest BCUT2D eigenvalue weighted by Gasteiger charge is 2.19. The molecule has 0 aliphatic carbocycles. The summed E-state index contributed by atoms with van der Waals surface area (Å²) in [6.07, 6.45) is 2.64. The molecule has 0 bridgehead atoms. The zero-order valence-electron chi connectivity index (χ0n) is 17.5. The van der Waals surface area contributed by atoms with Crippen LogP contribution >= 0.6 is 0 Å². The van der Waals surface area contributed by atoms with Gasteiger partial charge in [-0.05, 0) is 31.9 Å². The molecule has 3 heterocycles. The predicted octanol–water partition coefficient (Wildman–Crippen LogP) is 4.37. The highest BCUT2D eigenvalue weighted by molar-refractivity contribution is 5.85. The molecule has 158 valence electrons. The topological polar surface area (TPSA) is 108 Å². The van der Waals surface area contributed by atoms with Crippen LogP contribution in [0.25, 0.3) is 33.8 Å². The number of hydrogen-bond donors (Lipinski definition) is 0. The van der Waals surface area contributed by atoms with Gasteiger partial charge in [-0.2, -0.15) is 4.98 Å². The first-order valence-corrected chi connectivity index (χ1v) is 9.96. The SMILES string of the molecule is CCCC(=O)OCc1cnc(C)c2oc(=O)c(-c3nc(-c4ccccc4C)no3)cc12. The molecule has 1 aromatic carbocycles. The van der Waals surface area contributed by atoms with E-state index in [-0.39, 0.29) is 24.0 Å². The second-order valence-corrected chi connectivity index (χ2v) is 7.21. The average molecular weight is 419 g/mol. The van der Waals surface area contributed by atoms with Crippen molar-refractivity contribution in [2.45, 2.75) is 40.2 Å². The molecule has 31 heavy (non-hydrogen) atoms. The lowest BCUT2D eigenvalue weighted by Crippen LogP contribution is -2.08. The molecule has 0 spiro atoms. The fraction of sp³-hybridized carbons (Fsp3) is 0.261. The lowest BCUT2D eigenvalue weighted by molar-refractivity contribution is -0.144. The zero-order chi connectivity index (χ0) is 22.0. The van der Waals surface area contributed by atoms with Crippen molar-refractivity contribution in [2.75, 3.05) is 0 Å². The van der Waals surface area contributed by atoms with E-state index in [0.29, 0.717) is 40.9 Å². The Hall–Kier alpha value is -3.81. The van der Waals surface area contributed by atoms with Crippen LogP contribution in [-0.4, -0.2) is 21.1 Å². The minimum Gasteiger partial charge on any atom is -0.461 e. The Morgan fingerprint density at radius 3 is 2.74 bits per heavy atom. The highest BCUT2D eigenvalue weighted by Crippen LogP contribution is 2.27. The van der Waals surface area contributed by atoms with Gasteiger partial charge in [-0.3, -0.25) is 9.78 Å². The summed E-state index contributed by atoms with van der Waals surface area (Å²) in [4.78, 5) is 33.1. The van der Waals surface area contributed by atoms with Crippen LogP contribution in [0.1, 0.15) is 36.6 Å². The van der Waals surface area contributed by atoms with Gasteiger partial charge in [-0.1, -0.05) is 36.3 Å². The predicted molar refractivity (Wildman–Crippen MR) is 113 cm³/mol. The number of hydrogen-bond acceptors (Lipinski definition) is 8. The summed E-state index contributed by atoms with van der Waals surface area (Å²) in [5.41, 5.74) is 2.81. The van der Waals surface area contributed by atoms with E-state index in [1.54, 1.807) is 19.2 Å². The van der Waals surface area contributed by atoms with Gasteiger partial charge >= 0.3 is 11.6 Å². The number of fused-ring (bicyclic) bond motifs is 1. The van der Waals surface area contributed by atoms with Crippen molar-refractivity contribution in [1.29, 1.82) is 0 Å². The van der Waals surface area contributed by atoms with E-state index in [0.717, 1.165) is 11.1 Å². The number of benzene rings is 1. The zero-order valence-corrected chi connectivity index (χ0v) is 17.5. The average Bonchev–Trinajstić information content (AvgIpc) is 3.23. The summed E-state index contributed by atoms with van der Waals surface area (Å²) in [5, 5.41) is 4.62. The number of carbonyl (C=O) groups excluding carboxylic acids is 1. The van der Waals surface area contributed by atoms with E-state index in [9.17, 15) is 9.59 Å². The first kappa shape index (κ1) is 20.5. The van der Waals surface area contributed by atoms with Crippen molar-refractivity contribution < 1.29 is 18.5 Å². The number of aromatic nitrogens is 3. The Morgan fingerprint density at radius 1 is 1.16 bits per heavy atom. The third-order valence-corrected chi connectivity index (χ3v) is 4.92. The number of carbonyl (C=O) groups is 1. The fourth-order valence-electron chi connectivity index (χ4n) is 3.25. The summed E-state index contributed by atoms with van der Waals surface area (Å²) >= 11 is 0. The standard InChI is InChI=1S/C23H21N3O5/c1-4-7-19(27)29-12-15-11-24-14(3)20-17(15)10-18(23(28)30-20)22-25-21(26-31-22)16-9-6-5-8-13(16)2/h5-6,8-11H,4,7,12H2,1-3H3. The molecule has 4 aromatic rings. The van der Waals surface area contributed by atoms with Gasteiger partial charge in [-0.15, -0.1) is 0 Å². The maximum atomic E-state index is 12.7. The van der Waals surface area contributed by atoms with Gasteiger partial charge in [-0.25, -0.2) is 4.79 Å². The minimum atomic E-state index is -0.613. The van der Waals surface area contributed by atoms with E-state index in [1.807, 2.05) is 38.1 Å². The van der Waals surface area contributed by atoms with Gasteiger partial charge in [0.25, 0.3) is 5.89 Å². The molecule has 0 fully saturated rings. The quantitative estimate of drug-likeness (QED) is 0.424. The second-order valence-electron chi connectivity index (χ2n) is 7.21. The van der Waals surface area contributed by atoms with Crippen molar-refractivity contribution in [3.8, 4) is 22.8 Å². The van der Waals surface area contributed by atoms with E-state index in [2.05, 4.69) is 15.1 Å². The molecule has 8 heteroatoms. The third kappa shape index (κ3) is 4.09. The van der Waals surface area contributed by atoms with Crippen LogP contribution < -0.4 is 5.63 Å².